The van der Waals surface area contributed by atoms with Gasteiger partial charge < -0.3 is 24.6 Å². The smallest absolute Gasteiger partial charge is 0.174 e. The van der Waals surface area contributed by atoms with Gasteiger partial charge in [-0.05, 0) is 79.8 Å². The zero-order chi connectivity index (χ0) is 22.9. The highest BCUT2D eigenvalue weighted by molar-refractivity contribution is 7.80. The van der Waals surface area contributed by atoms with E-state index in [4.69, 9.17) is 17.0 Å². The molecule has 7 heteroatoms. The summed E-state index contributed by atoms with van der Waals surface area (Å²) in [6, 6.07) is 24.9. The van der Waals surface area contributed by atoms with Crippen molar-refractivity contribution >= 4 is 23.0 Å². The zero-order valence-electron chi connectivity index (χ0n) is 18.3. The molecule has 0 saturated carbocycles. The first kappa shape index (κ1) is 21.0. The van der Waals surface area contributed by atoms with E-state index in [1.165, 1.54) is 0 Å². The maximum atomic E-state index is 10.7. The lowest BCUT2D eigenvalue weighted by atomic mass is 10.0. The Labute approximate surface area is 198 Å². The number of rotatable bonds is 5. The molecule has 2 N–H and O–H groups in total. The van der Waals surface area contributed by atoms with Crippen molar-refractivity contribution in [1.29, 1.82) is 0 Å². The van der Waals surface area contributed by atoms with Crippen LogP contribution in [0.3, 0.4) is 0 Å². The molecule has 1 saturated heterocycles. The van der Waals surface area contributed by atoms with Crippen LogP contribution in [0.1, 0.15) is 29.2 Å². The van der Waals surface area contributed by atoms with Gasteiger partial charge in [-0.2, -0.15) is 0 Å². The number of thiocarbonyl (C=S) groups is 1. The van der Waals surface area contributed by atoms with Crippen LogP contribution in [0.25, 0.3) is 5.69 Å². The Morgan fingerprint density at radius 1 is 0.970 bits per heavy atom. The van der Waals surface area contributed by atoms with Crippen LogP contribution in [-0.2, 0) is 0 Å². The summed E-state index contributed by atoms with van der Waals surface area (Å²) in [6.45, 7) is 2.08. The molecule has 4 aromatic rings. The molecule has 2 atom stereocenters. The minimum absolute atomic E-state index is 0.174. The highest BCUT2D eigenvalue weighted by Gasteiger charge is 2.43. The Kier molecular flexibility index (Phi) is 5.48. The lowest BCUT2D eigenvalue weighted by Crippen LogP contribution is -2.30. The standard InChI is InChI=1S/C26H24N4O2S/c1-17-10-15-22(29(17)18-11-13-19(32-2)14-12-18)25-24(20-7-5-6-16-27-20)28-26(33)30(25)21-8-3-4-9-23(21)31/h3-16,24-25,31H,1-2H3,(H,28,33). The fourth-order valence-electron chi connectivity index (χ4n) is 4.46. The van der Waals surface area contributed by atoms with Gasteiger partial charge in [0.15, 0.2) is 5.11 Å². The highest BCUT2D eigenvalue weighted by Crippen LogP contribution is 2.45. The van der Waals surface area contributed by atoms with Crippen LogP contribution in [-0.4, -0.2) is 26.9 Å². The van der Waals surface area contributed by atoms with Crippen LogP contribution >= 0.6 is 12.2 Å². The molecule has 2 unspecified atom stereocenters. The van der Waals surface area contributed by atoms with E-state index in [1.807, 2.05) is 59.5 Å². The number of nitrogens with zero attached hydrogens (tertiary/aromatic N) is 3. The number of aryl methyl sites for hydroxylation is 1. The molecular formula is C26H24N4O2S. The minimum atomic E-state index is -0.239. The molecule has 1 fully saturated rings. The van der Waals surface area contributed by atoms with Crippen LogP contribution in [0, 0.1) is 6.92 Å². The number of hydrogen-bond donors (Lipinski definition) is 2. The van der Waals surface area contributed by atoms with E-state index >= 15 is 0 Å². The van der Waals surface area contributed by atoms with Crippen LogP contribution in [0.15, 0.2) is 85.1 Å². The normalized spacial score (nSPS) is 17.8. The average molecular weight is 457 g/mol. The number of anilines is 1. The van der Waals surface area contributed by atoms with Crippen LogP contribution < -0.4 is 15.0 Å². The first-order valence-electron chi connectivity index (χ1n) is 10.7. The summed E-state index contributed by atoms with van der Waals surface area (Å²) < 4.78 is 7.55. The van der Waals surface area contributed by atoms with Crippen molar-refractivity contribution < 1.29 is 9.84 Å². The van der Waals surface area contributed by atoms with Crippen molar-refractivity contribution in [2.24, 2.45) is 0 Å². The zero-order valence-corrected chi connectivity index (χ0v) is 19.2. The van der Waals surface area contributed by atoms with Crippen molar-refractivity contribution in [1.82, 2.24) is 14.9 Å². The second kappa shape index (κ2) is 8.60. The lowest BCUT2D eigenvalue weighted by Gasteiger charge is -2.29. The van der Waals surface area contributed by atoms with Crippen molar-refractivity contribution in [3.63, 3.8) is 0 Å². The number of pyridine rings is 1. The van der Waals surface area contributed by atoms with E-state index in [0.29, 0.717) is 10.8 Å². The van der Waals surface area contributed by atoms with E-state index in [1.54, 1.807) is 25.4 Å². The lowest BCUT2D eigenvalue weighted by molar-refractivity contribution is 0.414. The summed E-state index contributed by atoms with van der Waals surface area (Å²) in [5.74, 6) is 0.976. The highest BCUT2D eigenvalue weighted by atomic mass is 32.1. The molecule has 1 aliphatic heterocycles. The van der Waals surface area contributed by atoms with Crippen LogP contribution in [0.4, 0.5) is 5.69 Å². The Hall–Kier alpha value is -3.84. The maximum absolute atomic E-state index is 10.7. The van der Waals surface area contributed by atoms with E-state index in [0.717, 1.165) is 28.5 Å². The number of phenolic OH excluding ortho intramolecular Hbond substituents is 1. The predicted octanol–water partition coefficient (Wildman–Crippen LogP) is 5.07. The number of aromatic hydroxyl groups is 1. The van der Waals surface area contributed by atoms with Crippen LogP contribution in [0.2, 0.25) is 0 Å². The molecule has 2 aromatic carbocycles. The van der Waals surface area contributed by atoms with E-state index < -0.39 is 0 Å². The summed E-state index contributed by atoms with van der Waals surface area (Å²) >= 11 is 5.79. The summed E-state index contributed by atoms with van der Waals surface area (Å²) in [5.41, 5.74) is 4.67. The molecule has 6 nitrogen and oxygen atoms in total. The largest absolute Gasteiger partial charge is 0.506 e. The number of hydrogen-bond acceptors (Lipinski definition) is 4. The first-order valence-corrected chi connectivity index (χ1v) is 11.1. The molecule has 166 valence electrons. The Morgan fingerprint density at radius 3 is 2.42 bits per heavy atom. The van der Waals surface area contributed by atoms with Gasteiger partial charge >= 0.3 is 0 Å². The number of benzene rings is 2. The van der Waals surface area contributed by atoms with Gasteiger partial charge in [-0.3, -0.25) is 4.98 Å². The average Bonchev–Trinajstić information content (AvgIpc) is 3.39. The van der Waals surface area contributed by atoms with Gasteiger partial charge in [0.25, 0.3) is 0 Å². The fraction of sp³-hybridized carbons (Fsp3) is 0.154. The van der Waals surface area contributed by atoms with E-state index in [-0.39, 0.29) is 17.8 Å². The Morgan fingerprint density at radius 2 is 1.73 bits per heavy atom. The van der Waals surface area contributed by atoms with Gasteiger partial charge in [-0.25, -0.2) is 0 Å². The maximum Gasteiger partial charge on any atom is 0.174 e. The van der Waals surface area contributed by atoms with Gasteiger partial charge in [-0.15, -0.1) is 0 Å². The topological polar surface area (TPSA) is 62.5 Å². The number of para-hydroxylation sites is 2. The van der Waals surface area contributed by atoms with E-state index in [2.05, 4.69) is 33.9 Å². The first-order chi connectivity index (χ1) is 16.1. The number of aromatic nitrogens is 2. The molecular weight excluding hydrogens is 432 g/mol. The quantitative estimate of drug-likeness (QED) is 0.409. The molecule has 33 heavy (non-hydrogen) atoms. The summed E-state index contributed by atoms with van der Waals surface area (Å²) in [7, 11) is 1.66. The Bertz CT molecular complexity index is 1290. The van der Waals surface area contributed by atoms with Crippen molar-refractivity contribution in [2.75, 3.05) is 12.0 Å². The third-order valence-corrected chi connectivity index (χ3v) is 6.29. The van der Waals surface area contributed by atoms with Crippen molar-refractivity contribution in [3.05, 3.63) is 102 Å². The van der Waals surface area contributed by atoms with Gasteiger partial charge in [-0.1, -0.05) is 18.2 Å². The number of phenols is 1. The number of ether oxygens (including phenoxy) is 1. The molecule has 0 radical (unpaired) electrons. The second-order valence-electron chi connectivity index (χ2n) is 7.92. The summed E-state index contributed by atoms with van der Waals surface area (Å²) in [6.07, 6.45) is 1.79. The van der Waals surface area contributed by atoms with Crippen LogP contribution in [0.5, 0.6) is 11.5 Å². The predicted molar refractivity (Wildman–Crippen MR) is 133 cm³/mol. The van der Waals surface area contributed by atoms with Crippen molar-refractivity contribution in [3.8, 4) is 17.2 Å². The van der Waals surface area contributed by atoms with Gasteiger partial charge in [0.1, 0.15) is 17.5 Å². The molecule has 2 aromatic heterocycles. The summed E-state index contributed by atoms with van der Waals surface area (Å²) in [4.78, 5) is 6.60. The third-order valence-electron chi connectivity index (χ3n) is 5.98. The van der Waals surface area contributed by atoms with Gasteiger partial charge in [0, 0.05) is 23.3 Å². The van der Waals surface area contributed by atoms with Gasteiger partial charge in [0.05, 0.1) is 24.5 Å². The molecule has 5 rings (SSSR count). The molecule has 0 spiro atoms. The molecule has 0 amide bonds. The molecule has 0 aliphatic carbocycles. The summed E-state index contributed by atoms with van der Waals surface area (Å²) in [5, 5.41) is 14.7. The number of nitrogens with one attached hydrogen (secondary N) is 1. The second-order valence-corrected chi connectivity index (χ2v) is 8.31. The van der Waals surface area contributed by atoms with Crippen molar-refractivity contribution in [2.45, 2.75) is 19.0 Å². The molecule has 0 bridgehead atoms. The minimum Gasteiger partial charge on any atom is -0.506 e. The Balaban J connectivity index is 1.70. The third kappa shape index (κ3) is 3.70. The molecule has 1 aliphatic rings. The monoisotopic (exact) mass is 456 g/mol. The SMILES string of the molecule is COc1ccc(-n2c(C)ccc2C2C(c3ccccn3)NC(=S)N2c2ccccc2O)cc1. The number of methoxy groups -OCH3 is 1. The molecule has 3 heterocycles. The van der Waals surface area contributed by atoms with E-state index in [9.17, 15) is 5.11 Å². The fourth-order valence-corrected chi connectivity index (χ4v) is 4.80. The van der Waals surface area contributed by atoms with Gasteiger partial charge in [0.2, 0.25) is 0 Å².